The van der Waals surface area contributed by atoms with Crippen LogP contribution in [0.3, 0.4) is 0 Å². The van der Waals surface area contributed by atoms with Crippen LogP contribution in [0.2, 0.25) is 0 Å². The maximum Gasteiger partial charge on any atom is 0.0462 e. The van der Waals surface area contributed by atoms with E-state index >= 15 is 0 Å². The number of hydrogen-bond donors (Lipinski definition) is 2. The van der Waals surface area contributed by atoms with Crippen LogP contribution < -0.4 is 0 Å². The van der Waals surface area contributed by atoms with E-state index in [1.807, 2.05) is 0 Å². The summed E-state index contributed by atoms with van der Waals surface area (Å²) in [6, 6.07) is 8.48. The van der Waals surface area contributed by atoms with Gasteiger partial charge in [-0.15, -0.1) is 0 Å². The lowest BCUT2D eigenvalue weighted by Gasteiger charge is -2.13. The van der Waals surface area contributed by atoms with Crippen molar-refractivity contribution in [1.29, 1.82) is 0 Å². The molecule has 0 aromatic heterocycles. The molecule has 2 heteroatoms. The quantitative estimate of drug-likeness (QED) is 0.695. The van der Waals surface area contributed by atoms with Gasteiger partial charge in [0.2, 0.25) is 0 Å². The van der Waals surface area contributed by atoms with Gasteiger partial charge in [0, 0.05) is 13.2 Å². The Hall–Kier alpha value is -0.860. The van der Waals surface area contributed by atoms with Gasteiger partial charge in [-0.25, -0.2) is 0 Å². The van der Waals surface area contributed by atoms with Crippen LogP contribution in [0.15, 0.2) is 24.3 Å². The molecule has 0 radical (unpaired) electrons. The highest BCUT2D eigenvalue weighted by Gasteiger charge is 2.08. The molecule has 0 saturated carbocycles. The summed E-state index contributed by atoms with van der Waals surface area (Å²) in [7, 11) is 0. The van der Waals surface area contributed by atoms with E-state index in [-0.39, 0.29) is 13.2 Å². The third-order valence-electron chi connectivity index (χ3n) is 2.92. The van der Waals surface area contributed by atoms with E-state index in [1.165, 1.54) is 11.1 Å². The first kappa shape index (κ1) is 13.2. The molecule has 90 valence electrons. The molecule has 1 aromatic rings. The van der Waals surface area contributed by atoms with Gasteiger partial charge in [0.25, 0.3) is 0 Å². The molecule has 0 amide bonds. The molecule has 0 heterocycles. The first-order chi connectivity index (χ1) is 7.76. The second-order valence-electron chi connectivity index (χ2n) is 4.46. The molecule has 0 unspecified atom stereocenters. The maximum absolute atomic E-state index is 9.28. The third-order valence-corrected chi connectivity index (χ3v) is 2.92. The second-order valence-corrected chi connectivity index (χ2v) is 4.46. The minimum Gasteiger partial charge on any atom is -0.396 e. The van der Waals surface area contributed by atoms with Crippen molar-refractivity contribution in [2.75, 3.05) is 13.2 Å². The highest BCUT2D eigenvalue weighted by atomic mass is 16.3. The molecule has 0 saturated heterocycles. The standard InChI is InChI=1S/C14H22O2/c1-12-5-7-13(8-6-12)10-14(11-16)4-2-3-9-15/h5-8,14-16H,2-4,9-11H2,1H3/t14-/m0/s1. The zero-order valence-electron chi connectivity index (χ0n) is 10.0. The van der Waals surface area contributed by atoms with Gasteiger partial charge in [0.15, 0.2) is 0 Å². The van der Waals surface area contributed by atoms with Crippen molar-refractivity contribution < 1.29 is 10.2 Å². The monoisotopic (exact) mass is 222 g/mol. The van der Waals surface area contributed by atoms with E-state index in [2.05, 4.69) is 31.2 Å². The van der Waals surface area contributed by atoms with Gasteiger partial charge < -0.3 is 10.2 Å². The summed E-state index contributed by atoms with van der Waals surface area (Å²) < 4.78 is 0. The lowest BCUT2D eigenvalue weighted by atomic mass is 9.94. The van der Waals surface area contributed by atoms with Crippen LogP contribution >= 0.6 is 0 Å². The van der Waals surface area contributed by atoms with Crippen LogP contribution in [0, 0.1) is 12.8 Å². The Labute approximate surface area is 97.9 Å². The summed E-state index contributed by atoms with van der Waals surface area (Å²) in [6.45, 7) is 2.57. The predicted octanol–water partition coefficient (Wildman–Crippen LogP) is 2.31. The fraction of sp³-hybridized carbons (Fsp3) is 0.571. The molecule has 1 atom stereocenters. The number of hydrogen-bond acceptors (Lipinski definition) is 2. The van der Waals surface area contributed by atoms with E-state index in [4.69, 9.17) is 5.11 Å². The smallest absolute Gasteiger partial charge is 0.0462 e. The molecule has 0 fully saturated rings. The number of aliphatic hydroxyl groups is 2. The molecule has 2 N–H and O–H groups in total. The lowest BCUT2D eigenvalue weighted by molar-refractivity contribution is 0.209. The van der Waals surface area contributed by atoms with Gasteiger partial charge in [-0.1, -0.05) is 36.2 Å². The van der Waals surface area contributed by atoms with E-state index in [1.54, 1.807) is 0 Å². The molecule has 0 aliphatic carbocycles. The molecule has 1 aromatic carbocycles. The van der Waals surface area contributed by atoms with Crippen molar-refractivity contribution in [3.8, 4) is 0 Å². The van der Waals surface area contributed by atoms with Crippen LogP contribution in [0.4, 0.5) is 0 Å². The molecular formula is C14H22O2. The molecule has 0 spiro atoms. The maximum atomic E-state index is 9.28. The summed E-state index contributed by atoms with van der Waals surface area (Å²) in [5, 5.41) is 18.0. The Balaban J connectivity index is 2.40. The van der Waals surface area contributed by atoms with Crippen LogP contribution in [-0.4, -0.2) is 23.4 Å². The summed E-state index contributed by atoms with van der Waals surface area (Å²) in [5.74, 6) is 0.328. The fourth-order valence-electron chi connectivity index (χ4n) is 1.86. The average molecular weight is 222 g/mol. The first-order valence-corrected chi connectivity index (χ1v) is 6.03. The van der Waals surface area contributed by atoms with Gasteiger partial charge in [-0.05, 0) is 37.7 Å². The van der Waals surface area contributed by atoms with Gasteiger partial charge in [0.1, 0.15) is 0 Å². The Morgan fingerprint density at radius 3 is 2.31 bits per heavy atom. The summed E-state index contributed by atoms with van der Waals surface area (Å²) in [4.78, 5) is 0. The minimum atomic E-state index is 0.235. The number of unbranched alkanes of at least 4 members (excludes halogenated alkanes) is 1. The molecule has 0 bridgehead atoms. The average Bonchev–Trinajstić information content (AvgIpc) is 2.31. The molecular weight excluding hydrogens is 200 g/mol. The predicted molar refractivity (Wildman–Crippen MR) is 66.4 cm³/mol. The van der Waals surface area contributed by atoms with Crippen molar-refractivity contribution in [2.24, 2.45) is 5.92 Å². The van der Waals surface area contributed by atoms with Crippen molar-refractivity contribution in [2.45, 2.75) is 32.6 Å². The van der Waals surface area contributed by atoms with Crippen LogP contribution in [0.5, 0.6) is 0 Å². The second kappa shape index (κ2) is 7.42. The number of rotatable bonds is 7. The van der Waals surface area contributed by atoms with E-state index in [0.29, 0.717) is 5.92 Å². The first-order valence-electron chi connectivity index (χ1n) is 6.03. The van der Waals surface area contributed by atoms with Gasteiger partial charge in [-0.2, -0.15) is 0 Å². The van der Waals surface area contributed by atoms with E-state index < -0.39 is 0 Å². The molecule has 16 heavy (non-hydrogen) atoms. The Kier molecular flexibility index (Phi) is 6.12. The molecule has 2 nitrogen and oxygen atoms in total. The zero-order chi connectivity index (χ0) is 11.8. The van der Waals surface area contributed by atoms with Gasteiger partial charge in [0.05, 0.1) is 0 Å². The lowest BCUT2D eigenvalue weighted by Crippen LogP contribution is -2.10. The summed E-state index contributed by atoms with van der Waals surface area (Å²) >= 11 is 0. The SMILES string of the molecule is Cc1ccc(C[C@@H](CO)CCCCO)cc1. The van der Waals surface area contributed by atoms with Gasteiger partial charge >= 0.3 is 0 Å². The highest BCUT2D eigenvalue weighted by Crippen LogP contribution is 2.15. The minimum absolute atomic E-state index is 0.235. The Morgan fingerprint density at radius 1 is 1.06 bits per heavy atom. The third kappa shape index (κ3) is 4.77. The van der Waals surface area contributed by atoms with Crippen molar-refractivity contribution in [1.82, 2.24) is 0 Å². The van der Waals surface area contributed by atoms with Crippen molar-refractivity contribution in [3.05, 3.63) is 35.4 Å². The van der Waals surface area contributed by atoms with Crippen LogP contribution in [0.25, 0.3) is 0 Å². The highest BCUT2D eigenvalue weighted by molar-refractivity contribution is 5.21. The molecule has 1 rings (SSSR count). The normalized spacial score (nSPS) is 12.7. The fourth-order valence-corrected chi connectivity index (χ4v) is 1.86. The molecule has 0 aliphatic heterocycles. The Morgan fingerprint density at radius 2 is 1.75 bits per heavy atom. The van der Waals surface area contributed by atoms with Gasteiger partial charge in [-0.3, -0.25) is 0 Å². The van der Waals surface area contributed by atoms with Crippen molar-refractivity contribution >= 4 is 0 Å². The van der Waals surface area contributed by atoms with Crippen molar-refractivity contribution in [3.63, 3.8) is 0 Å². The number of benzene rings is 1. The largest absolute Gasteiger partial charge is 0.396 e. The van der Waals surface area contributed by atoms with E-state index in [9.17, 15) is 5.11 Å². The summed E-state index contributed by atoms with van der Waals surface area (Å²) in [6.07, 6.45) is 3.76. The molecule has 0 aliphatic rings. The van der Waals surface area contributed by atoms with Crippen LogP contribution in [-0.2, 0) is 6.42 Å². The van der Waals surface area contributed by atoms with E-state index in [0.717, 1.165) is 25.7 Å². The topological polar surface area (TPSA) is 40.5 Å². The zero-order valence-corrected chi connectivity index (χ0v) is 10.0. The number of aryl methyl sites for hydroxylation is 1. The number of aliphatic hydroxyl groups excluding tert-OH is 2. The van der Waals surface area contributed by atoms with Crippen LogP contribution in [0.1, 0.15) is 30.4 Å². The Bertz CT molecular complexity index is 279. The summed E-state index contributed by atoms with van der Waals surface area (Å²) in [5.41, 5.74) is 2.55.